The minimum Gasteiger partial charge on any atom is -0.503 e. The van der Waals surface area contributed by atoms with Crippen LogP contribution in [-0.4, -0.2) is 18.1 Å². The van der Waals surface area contributed by atoms with E-state index in [9.17, 15) is 18.3 Å². The summed E-state index contributed by atoms with van der Waals surface area (Å²) in [4.78, 5) is 11.8. The lowest BCUT2D eigenvalue weighted by atomic mass is 10.1. The molecule has 1 aromatic heterocycles. The highest BCUT2D eigenvalue weighted by atomic mass is 32.2. The smallest absolute Gasteiger partial charge is 0.240 e. The lowest BCUT2D eigenvalue weighted by Crippen LogP contribution is -2.26. The Morgan fingerprint density at radius 1 is 1.00 bits per heavy atom. The fourth-order valence-electron chi connectivity index (χ4n) is 2.77. The van der Waals surface area contributed by atoms with Gasteiger partial charge in [0.15, 0.2) is 5.75 Å². The van der Waals surface area contributed by atoms with E-state index in [0.29, 0.717) is 5.69 Å². The molecule has 7 heteroatoms. The summed E-state index contributed by atoms with van der Waals surface area (Å²) < 4.78 is 29.2. The van der Waals surface area contributed by atoms with Crippen molar-refractivity contribution >= 4 is 10.0 Å². The summed E-state index contributed by atoms with van der Waals surface area (Å²) in [5, 5.41) is 9.96. The predicted molar refractivity (Wildman–Crippen MR) is 104 cm³/mol. The summed E-state index contributed by atoms with van der Waals surface area (Å²) >= 11 is 0. The van der Waals surface area contributed by atoms with E-state index in [1.807, 2.05) is 30.3 Å². The molecule has 0 spiro atoms. The molecule has 0 saturated heterocycles. The average molecular weight is 384 g/mol. The Morgan fingerprint density at radius 2 is 1.59 bits per heavy atom. The maximum Gasteiger partial charge on any atom is 0.240 e. The van der Waals surface area contributed by atoms with E-state index in [1.54, 1.807) is 30.7 Å². The number of sulfonamides is 1. The lowest BCUT2D eigenvalue weighted by molar-refractivity contribution is 0.450. The molecule has 2 aromatic carbocycles. The highest BCUT2D eigenvalue weighted by Crippen LogP contribution is 2.21. The first-order chi connectivity index (χ1) is 12.8. The molecule has 0 fully saturated rings. The zero-order valence-corrected chi connectivity index (χ0v) is 15.8. The van der Waals surface area contributed by atoms with Gasteiger partial charge in [0, 0.05) is 18.8 Å². The van der Waals surface area contributed by atoms with E-state index < -0.39 is 21.2 Å². The Hall–Kier alpha value is -2.90. The van der Waals surface area contributed by atoms with Crippen LogP contribution < -0.4 is 10.2 Å². The molecule has 0 amide bonds. The van der Waals surface area contributed by atoms with E-state index in [2.05, 4.69) is 4.72 Å². The first-order valence-electron chi connectivity index (χ1n) is 8.33. The van der Waals surface area contributed by atoms with Crippen LogP contribution in [0.4, 0.5) is 0 Å². The molecule has 0 radical (unpaired) electrons. The number of rotatable bonds is 5. The second-order valence-electron chi connectivity index (χ2n) is 6.22. The molecule has 0 aliphatic carbocycles. The second-order valence-corrected chi connectivity index (χ2v) is 7.99. The van der Waals surface area contributed by atoms with Crippen molar-refractivity contribution in [2.45, 2.75) is 18.4 Å². The summed E-state index contributed by atoms with van der Waals surface area (Å²) in [6.45, 7) is 1.52. The zero-order chi connectivity index (χ0) is 19.6. The summed E-state index contributed by atoms with van der Waals surface area (Å²) in [6.07, 6.45) is 0. The standard InChI is InChI=1S/C20H20N2O4S/c1-14-12-19(23)20(24)18(22(14)2)13-21-27(25,26)17-10-8-16(9-11-17)15-6-4-3-5-7-15/h3-12,21,24H,13H2,1-2H3. The van der Waals surface area contributed by atoms with Gasteiger partial charge in [-0.05, 0) is 30.2 Å². The van der Waals surface area contributed by atoms with E-state index in [0.717, 1.165) is 11.1 Å². The molecule has 1 heterocycles. The number of hydrogen-bond donors (Lipinski definition) is 2. The van der Waals surface area contributed by atoms with Gasteiger partial charge in [-0.3, -0.25) is 4.79 Å². The molecule has 0 aliphatic rings. The first kappa shape index (κ1) is 18.9. The Morgan fingerprint density at radius 3 is 2.22 bits per heavy atom. The van der Waals surface area contributed by atoms with Crippen molar-refractivity contribution < 1.29 is 13.5 Å². The largest absolute Gasteiger partial charge is 0.503 e. The maximum absolute atomic E-state index is 12.6. The topological polar surface area (TPSA) is 88.4 Å². The quantitative estimate of drug-likeness (QED) is 0.708. The Balaban J connectivity index is 1.83. The van der Waals surface area contributed by atoms with Gasteiger partial charge in [-0.25, -0.2) is 13.1 Å². The number of aromatic hydroxyl groups is 1. The lowest BCUT2D eigenvalue weighted by Gasteiger charge is -2.14. The van der Waals surface area contributed by atoms with Crippen LogP contribution in [0.1, 0.15) is 11.4 Å². The molecule has 0 atom stereocenters. The van der Waals surface area contributed by atoms with Gasteiger partial charge >= 0.3 is 0 Å². The molecule has 6 nitrogen and oxygen atoms in total. The molecule has 3 aromatic rings. The van der Waals surface area contributed by atoms with Crippen molar-refractivity contribution in [2.24, 2.45) is 7.05 Å². The SMILES string of the molecule is Cc1cc(=O)c(O)c(CNS(=O)(=O)c2ccc(-c3ccccc3)cc2)n1C. The van der Waals surface area contributed by atoms with Crippen molar-refractivity contribution in [1.29, 1.82) is 0 Å². The molecule has 140 valence electrons. The number of nitrogens with one attached hydrogen (secondary N) is 1. The Kier molecular flexibility index (Phi) is 5.16. The molecule has 0 aliphatic heterocycles. The number of hydrogen-bond acceptors (Lipinski definition) is 4. The monoisotopic (exact) mass is 384 g/mol. The van der Waals surface area contributed by atoms with E-state index >= 15 is 0 Å². The third-order valence-electron chi connectivity index (χ3n) is 4.48. The van der Waals surface area contributed by atoms with Gasteiger partial charge in [0.25, 0.3) is 0 Å². The summed E-state index contributed by atoms with van der Waals surface area (Å²) in [6, 6.07) is 17.5. The van der Waals surface area contributed by atoms with Gasteiger partial charge in [-0.15, -0.1) is 0 Å². The third-order valence-corrected chi connectivity index (χ3v) is 5.90. The normalized spacial score (nSPS) is 11.5. The van der Waals surface area contributed by atoms with Crippen molar-refractivity contribution in [3.8, 4) is 16.9 Å². The number of aromatic nitrogens is 1. The van der Waals surface area contributed by atoms with Crippen LogP contribution in [0.5, 0.6) is 5.75 Å². The average Bonchev–Trinajstić information content (AvgIpc) is 2.67. The van der Waals surface area contributed by atoms with Crippen molar-refractivity contribution in [3.63, 3.8) is 0 Å². The molecule has 0 saturated carbocycles. The molecular weight excluding hydrogens is 364 g/mol. The second kappa shape index (κ2) is 7.38. The van der Waals surface area contributed by atoms with Crippen LogP contribution in [-0.2, 0) is 23.6 Å². The number of benzene rings is 2. The third kappa shape index (κ3) is 3.94. The molecular formula is C20H20N2O4S. The highest BCUT2D eigenvalue weighted by molar-refractivity contribution is 7.89. The van der Waals surface area contributed by atoms with E-state index in [4.69, 9.17) is 0 Å². The summed E-state index contributed by atoms with van der Waals surface area (Å²) in [5.41, 5.74) is 2.21. The van der Waals surface area contributed by atoms with Crippen LogP contribution >= 0.6 is 0 Å². The van der Waals surface area contributed by atoms with E-state index in [1.165, 1.54) is 18.2 Å². The first-order valence-corrected chi connectivity index (χ1v) is 9.81. The zero-order valence-electron chi connectivity index (χ0n) is 15.0. The predicted octanol–water partition coefficient (Wildman–Crippen LogP) is 2.54. The number of nitrogens with zero attached hydrogens (tertiary/aromatic N) is 1. The van der Waals surface area contributed by atoms with Gasteiger partial charge in [-0.1, -0.05) is 42.5 Å². The fourth-order valence-corrected chi connectivity index (χ4v) is 3.76. The van der Waals surface area contributed by atoms with Crippen LogP contribution in [0.3, 0.4) is 0 Å². The number of aryl methyl sites for hydroxylation is 1. The Bertz CT molecular complexity index is 1120. The van der Waals surface area contributed by atoms with Gasteiger partial charge < -0.3 is 9.67 Å². The molecule has 27 heavy (non-hydrogen) atoms. The fraction of sp³-hybridized carbons (Fsp3) is 0.150. The van der Waals surface area contributed by atoms with Gasteiger partial charge in [-0.2, -0.15) is 0 Å². The van der Waals surface area contributed by atoms with Crippen molar-refractivity contribution in [3.05, 3.63) is 82.3 Å². The van der Waals surface area contributed by atoms with Gasteiger partial charge in [0.05, 0.1) is 17.1 Å². The summed E-state index contributed by atoms with van der Waals surface area (Å²) in [5.74, 6) is -0.453. The van der Waals surface area contributed by atoms with Gasteiger partial charge in [0.2, 0.25) is 15.5 Å². The minimum atomic E-state index is -3.79. The minimum absolute atomic E-state index is 0.110. The van der Waals surface area contributed by atoms with Crippen molar-refractivity contribution in [2.75, 3.05) is 0 Å². The molecule has 0 bridgehead atoms. The molecule has 2 N–H and O–H groups in total. The van der Waals surface area contributed by atoms with E-state index in [-0.39, 0.29) is 17.1 Å². The molecule has 3 rings (SSSR count). The Labute approximate surface area is 157 Å². The van der Waals surface area contributed by atoms with Crippen LogP contribution in [0.25, 0.3) is 11.1 Å². The van der Waals surface area contributed by atoms with Crippen molar-refractivity contribution in [1.82, 2.24) is 9.29 Å². The number of pyridine rings is 1. The molecule has 0 unspecified atom stereocenters. The summed E-state index contributed by atoms with van der Waals surface area (Å²) in [7, 11) is -2.13. The van der Waals surface area contributed by atoms with Gasteiger partial charge in [0.1, 0.15) is 0 Å². The van der Waals surface area contributed by atoms with Crippen LogP contribution in [0.2, 0.25) is 0 Å². The maximum atomic E-state index is 12.6. The van der Waals surface area contributed by atoms with Crippen LogP contribution in [0, 0.1) is 6.92 Å². The highest BCUT2D eigenvalue weighted by Gasteiger charge is 2.17. The van der Waals surface area contributed by atoms with Crippen LogP contribution in [0.15, 0.2) is 70.4 Å².